The number of nitrogens with zero attached hydrogens (tertiary/aromatic N) is 2. The third kappa shape index (κ3) is 4.63. The molecule has 170 valence electrons. The van der Waals surface area contributed by atoms with E-state index in [4.69, 9.17) is 4.74 Å². The summed E-state index contributed by atoms with van der Waals surface area (Å²) in [7, 11) is 5.17. The molecular weight excluding hydrogens is 412 g/mol. The summed E-state index contributed by atoms with van der Waals surface area (Å²) in [5.74, 6) is 0.637. The third-order valence-electron chi connectivity index (χ3n) is 6.45. The van der Waals surface area contributed by atoms with Crippen molar-refractivity contribution in [3.63, 3.8) is 0 Å². The van der Waals surface area contributed by atoms with Crippen molar-refractivity contribution in [2.75, 3.05) is 34.3 Å². The summed E-state index contributed by atoms with van der Waals surface area (Å²) in [6, 6.07) is 25.7. The van der Waals surface area contributed by atoms with Gasteiger partial charge in [0.05, 0.1) is 12.5 Å². The van der Waals surface area contributed by atoms with Crippen LogP contribution in [0.25, 0.3) is 11.1 Å². The van der Waals surface area contributed by atoms with E-state index in [0.29, 0.717) is 37.2 Å². The van der Waals surface area contributed by atoms with Crippen molar-refractivity contribution in [1.82, 2.24) is 9.80 Å². The number of likely N-dealkylation sites (tertiary alicyclic amines) is 1. The summed E-state index contributed by atoms with van der Waals surface area (Å²) in [6.07, 6.45) is 1.21. The Morgan fingerprint density at radius 3 is 2.42 bits per heavy atom. The van der Waals surface area contributed by atoms with E-state index in [9.17, 15) is 9.59 Å². The molecule has 0 radical (unpaired) electrons. The summed E-state index contributed by atoms with van der Waals surface area (Å²) in [6.45, 7) is 0.937. The van der Waals surface area contributed by atoms with Gasteiger partial charge in [0.2, 0.25) is 5.91 Å². The molecule has 5 heteroatoms. The summed E-state index contributed by atoms with van der Waals surface area (Å²) >= 11 is 0. The van der Waals surface area contributed by atoms with Crippen LogP contribution in [0.15, 0.2) is 78.9 Å². The van der Waals surface area contributed by atoms with Gasteiger partial charge in [0.1, 0.15) is 5.75 Å². The number of carbonyl (C=O) groups is 2. The molecule has 0 saturated carbocycles. The lowest BCUT2D eigenvalue weighted by Gasteiger charge is -2.32. The molecule has 3 aromatic rings. The first kappa shape index (κ1) is 22.6. The Hall–Kier alpha value is -3.60. The van der Waals surface area contributed by atoms with E-state index < -0.39 is 5.41 Å². The highest BCUT2D eigenvalue weighted by molar-refractivity contribution is 5.96. The molecular formula is C28H30N2O3. The first-order valence-electron chi connectivity index (χ1n) is 11.2. The first-order chi connectivity index (χ1) is 15.9. The van der Waals surface area contributed by atoms with Gasteiger partial charge in [-0.1, -0.05) is 60.7 Å². The predicted molar refractivity (Wildman–Crippen MR) is 130 cm³/mol. The zero-order valence-corrected chi connectivity index (χ0v) is 19.5. The van der Waals surface area contributed by atoms with Gasteiger partial charge in [-0.05, 0) is 47.7 Å². The number of hydrogen-bond donors (Lipinski definition) is 0. The van der Waals surface area contributed by atoms with E-state index in [1.54, 1.807) is 43.1 Å². The highest BCUT2D eigenvalue weighted by Gasteiger charge is 2.47. The van der Waals surface area contributed by atoms with Gasteiger partial charge in [-0.15, -0.1) is 0 Å². The van der Waals surface area contributed by atoms with E-state index in [-0.39, 0.29) is 11.8 Å². The number of rotatable bonds is 6. The first-order valence-corrected chi connectivity index (χ1v) is 11.2. The zero-order chi connectivity index (χ0) is 23.4. The lowest BCUT2D eigenvalue weighted by atomic mass is 9.77. The van der Waals surface area contributed by atoms with Gasteiger partial charge in [-0.2, -0.15) is 0 Å². The van der Waals surface area contributed by atoms with Crippen molar-refractivity contribution >= 4 is 11.8 Å². The van der Waals surface area contributed by atoms with Crippen LogP contribution in [0.2, 0.25) is 0 Å². The van der Waals surface area contributed by atoms with Crippen LogP contribution < -0.4 is 4.74 Å². The Labute approximate surface area is 195 Å². The average molecular weight is 443 g/mol. The number of carbonyl (C=O) groups excluding carboxylic acids is 2. The van der Waals surface area contributed by atoms with Gasteiger partial charge in [-0.25, -0.2) is 0 Å². The van der Waals surface area contributed by atoms with Crippen LogP contribution in [0.1, 0.15) is 22.3 Å². The maximum atomic E-state index is 13.5. The fourth-order valence-corrected chi connectivity index (χ4v) is 4.79. The second kappa shape index (κ2) is 9.49. The van der Waals surface area contributed by atoms with Crippen LogP contribution in [-0.2, 0) is 11.2 Å². The van der Waals surface area contributed by atoms with Gasteiger partial charge in [0.25, 0.3) is 5.91 Å². The Kier molecular flexibility index (Phi) is 6.50. The van der Waals surface area contributed by atoms with E-state index in [1.807, 2.05) is 42.5 Å². The molecule has 0 spiro atoms. The minimum atomic E-state index is -0.664. The number of ether oxygens (including phenoxy) is 1. The maximum absolute atomic E-state index is 13.5. The lowest BCUT2D eigenvalue weighted by molar-refractivity contribution is -0.138. The SMILES string of the molecule is COc1cccc(C(=O)N2CC[C@](Cc3ccccc3-c3ccccc3)(C(=O)N(C)C)C2)c1. The monoisotopic (exact) mass is 442 g/mol. The fraction of sp³-hybridized carbons (Fsp3) is 0.286. The van der Waals surface area contributed by atoms with E-state index in [2.05, 4.69) is 24.3 Å². The molecule has 4 rings (SSSR count). The molecule has 2 amide bonds. The summed E-state index contributed by atoms with van der Waals surface area (Å²) in [5, 5.41) is 0. The third-order valence-corrected chi connectivity index (χ3v) is 6.45. The molecule has 1 saturated heterocycles. The number of methoxy groups -OCH3 is 1. The summed E-state index contributed by atoms with van der Waals surface area (Å²) in [5.41, 5.74) is 3.29. The van der Waals surface area contributed by atoms with Gasteiger partial charge in [0, 0.05) is 32.7 Å². The van der Waals surface area contributed by atoms with Crippen molar-refractivity contribution in [2.24, 2.45) is 5.41 Å². The Balaban J connectivity index is 1.66. The quantitative estimate of drug-likeness (QED) is 0.564. The number of hydrogen-bond acceptors (Lipinski definition) is 3. The second-order valence-corrected chi connectivity index (χ2v) is 8.89. The summed E-state index contributed by atoms with van der Waals surface area (Å²) in [4.78, 5) is 30.2. The second-order valence-electron chi connectivity index (χ2n) is 8.89. The van der Waals surface area contributed by atoms with Gasteiger partial charge < -0.3 is 14.5 Å². The van der Waals surface area contributed by atoms with E-state index in [0.717, 1.165) is 16.7 Å². The van der Waals surface area contributed by atoms with Gasteiger partial charge >= 0.3 is 0 Å². The molecule has 1 fully saturated rings. The molecule has 1 atom stereocenters. The molecule has 1 aliphatic heterocycles. The molecule has 0 bridgehead atoms. The minimum absolute atomic E-state index is 0.0614. The standard InChI is InChI=1S/C28H30N2O3/c1-29(2)27(32)28(19-23-12-7-8-15-25(23)21-10-5-4-6-11-21)16-17-30(20-28)26(31)22-13-9-14-24(18-22)33-3/h4-15,18H,16-17,19-20H2,1-3H3/t28-/m1/s1. The Morgan fingerprint density at radius 1 is 0.970 bits per heavy atom. The van der Waals surface area contributed by atoms with Crippen LogP contribution in [0, 0.1) is 5.41 Å². The van der Waals surface area contributed by atoms with Crippen molar-refractivity contribution in [3.8, 4) is 16.9 Å². The largest absolute Gasteiger partial charge is 0.497 e. The molecule has 33 heavy (non-hydrogen) atoms. The minimum Gasteiger partial charge on any atom is -0.497 e. The zero-order valence-electron chi connectivity index (χ0n) is 19.5. The Morgan fingerprint density at radius 2 is 1.70 bits per heavy atom. The molecule has 1 heterocycles. The molecule has 3 aromatic carbocycles. The number of benzene rings is 3. The van der Waals surface area contributed by atoms with E-state index >= 15 is 0 Å². The van der Waals surface area contributed by atoms with Crippen molar-refractivity contribution in [2.45, 2.75) is 12.8 Å². The van der Waals surface area contributed by atoms with Crippen LogP contribution in [0.3, 0.4) is 0 Å². The molecule has 1 aliphatic rings. The molecule has 0 unspecified atom stereocenters. The van der Waals surface area contributed by atoms with Crippen LogP contribution in [0.5, 0.6) is 5.75 Å². The Bertz CT molecular complexity index is 1140. The molecule has 0 N–H and O–H groups in total. The fourth-order valence-electron chi connectivity index (χ4n) is 4.79. The average Bonchev–Trinajstić information content (AvgIpc) is 3.29. The molecule has 5 nitrogen and oxygen atoms in total. The smallest absolute Gasteiger partial charge is 0.254 e. The number of amides is 2. The summed E-state index contributed by atoms with van der Waals surface area (Å²) < 4.78 is 5.28. The van der Waals surface area contributed by atoms with Crippen molar-refractivity contribution in [3.05, 3.63) is 90.0 Å². The lowest BCUT2D eigenvalue weighted by Crippen LogP contribution is -2.44. The van der Waals surface area contributed by atoms with Crippen molar-refractivity contribution < 1.29 is 14.3 Å². The van der Waals surface area contributed by atoms with Crippen LogP contribution >= 0.6 is 0 Å². The van der Waals surface area contributed by atoms with Crippen molar-refractivity contribution in [1.29, 1.82) is 0 Å². The highest BCUT2D eigenvalue weighted by atomic mass is 16.5. The normalized spacial score (nSPS) is 17.6. The van der Waals surface area contributed by atoms with Gasteiger partial charge in [0.15, 0.2) is 0 Å². The topological polar surface area (TPSA) is 49.9 Å². The van der Waals surface area contributed by atoms with Gasteiger partial charge in [-0.3, -0.25) is 9.59 Å². The van der Waals surface area contributed by atoms with Crippen LogP contribution in [0.4, 0.5) is 0 Å². The predicted octanol–water partition coefficient (Wildman–Crippen LogP) is 4.53. The maximum Gasteiger partial charge on any atom is 0.254 e. The molecule has 0 aliphatic carbocycles. The van der Waals surface area contributed by atoms with E-state index in [1.165, 1.54) is 0 Å². The highest BCUT2D eigenvalue weighted by Crippen LogP contribution is 2.39. The molecule has 0 aromatic heterocycles. The van der Waals surface area contributed by atoms with Crippen LogP contribution in [-0.4, -0.2) is 55.9 Å².